The molecule has 2 heterocycles. The van der Waals surface area contributed by atoms with E-state index in [9.17, 15) is 9.59 Å². The zero-order valence-electron chi connectivity index (χ0n) is 15.4. The van der Waals surface area contributed by atoms with Gasteiger partial charge in [0.25, 0.3) is 5.91 Å². The number of rotatable bonds is 5. The predicted octanol–water partition coefficient (Wildman–Crippen LogP) is 2.07. The molecule has 27 heavy (non-hydrogen) atoms. The molecule has 8 heteroatoms. The molecule has 2 aromatic heterocycles. The number of hydrogen-bond acceptors (Lipinski definition) is 5. The van der Waals surface area contributed by atoms with Gasteiger partial charge in [-0.3, -0.25) is 4.79 Å². The Morgan fingerprint density at radius 3 is 2.37 bits per heavy atom. The SMILES string of the molecule is Cc1nc(N)c2nc(C)n(CCNC(=O)c3ccc(C(=O)O)cc3)c2c1C. The van der Waals surface area contributed by atoms with E-state index in [-0.39, 0.29) is 11.5 Å². The monoisotopic (exact) mass is 367 g/mol. The van der Waals surface area contributed by atoms with Crippen molar-refractivity contribution in [3.8, 4) is 0 Å². The van der Waals surface area contributed by atoms with E-state index in [0.29, 0.717) is 30.0 Å². The standard InChI is InChI=1S/C19H21N5O3/c1-10-11(2)22-17(20)15-16(10)24(12(3)23-15)9-8-21-18(25)13-4-6-14(7-5-13)19(26)27/h4-7H,8-9H2,1-3H3,(H2,20,22)(H,21,25)(H,26,27). The van der Waals surface area contributed by atoms with Crippen LogP contribution in [-0.2, 0) is 6.54 Å². The number of nitrogens with zero attached hydrogens (tertiary/aromatic N) is 3. The summed E-state index contributed by atoms with van der Waals surface area (Å²) in [6.45, 7) is 6.70. The molecule has 0 bridgehead atoms. The number of carbonyl (C=O) groups is 2. The number of pyridine rings is 1. The van der Waals surface area contributed by atoms with E-state index in [1.54, 1.807) is 0 Å². The molecule has 140 valence electrons. The number of nitrogens with two attached hydrogens (primary N) is 1. The van der Waals surface area contributed by atoms with Crippen molar-refractivity contribution >= 4 is 28.7 Å². The van der Waals surface area contributed by atoms with E-state index < -0.39 is 5.97 Å². The summed E-state index contributed by atoms with van der Waals surface area (Å²) < 4.78 is 2.02. The Labute approximate surface area is 156 Å². The van der Waals surface area contributed by atoms with Crippen molar-refractivity contribution < 1.29 is 14.7 Å². The van der Waals surface area contributed by atoms with E-state index in [4.69, 9.17) is 10.8 Å². The molecule has 0 saturated heterocycles. The minimum atomic E-state index is -1.02. The predicted molar refractivity (Wildman–Crippen MR) is 102 cm³/mol. The number of carbonyl (C=O) groups excluding carboxylic acids is 1. The Kier molecular flexibility index (Phi) is 4.81. The Bertz CT molecular complexity index is 1040. The van der Waals surface area contributed by atoms with E-state index in [0.717, 1.165) is 22.6 Å². The van der Waals surface area contributed by atoms with Crippen LogP contribution >= 0.6 is 0 Å². The molecule has 0 radical (unpaired) electrons. The van der Waals surface area contributed by atoms with E-state index in [2.05, 4.69) is 15.3 Å². The highest BCUT2D eigenvalue weighted by Gasteiger charge is 2.15. The lowest BCUT2D eigenvalue weighted by atomic mass is 10.1. The van der Waals surface area contributed by atoms with Crippen LogP contribution < -0.4 is 11.1 Å². The molecular formula is C19H21N5O3. The lowest BCUT2D eigenvalue weighted by Gasteiger charge is -2.11. The molecule has 0 aliphatic rings. The number of aromatic carboxylic acids is 1. The molecule has 0 aliphatic heterocycles. The van der Waals surface area contributed by atoms with Crippen LogP contribution in [0.3, 0.4) is 0 Å². The molecular weight excluding hydrogens is 346 g/mol. The van der Waals surface area contributed by atoms with Crippen LogP contribution in [0.5, 0.6) is 0 Å². The fourth-order valence-electron chi connectivity index (χ4n) is 3.03. The molecule has 3 rings (SSSR count). The number of anilines is 1. The zero-order valence-corrected chi connectivity index (χ0v) is 15.4. The average Bonchev–Trinajstić information content (AvgIpc) is 2.97. The normalized spacial score (nSPS) is 10.9. The Morgan fingerprint density at radius 2 is 1.74 bits per heavy atom. The summed E-state index contributed by atoms with van der Waals surface area (Å²) >= 11 is 0. The van der Waals surface area contributed by atoms with Crippen molar-refractivity contribution in [1.29, 1.82) is 0 Å². The minimum absolute atomic E-state index is 0.143. The molecule has 0 saturated carbocycles. The van der Waals surface area contributed by atoms with Gasteiger partial charge < -0.3 is 20.7 Å². The molecule has 0 spiro atoms. The first-order valence-corrected chi connectivity index (χ1v) is 8.50. The highest BCUT2D eigenvalue weighted by Crippen LogP contribution is 2.25. The molecule has 0 atom stereocenters. The molecule has 0 unspecified atom stereocenters. The van der Waals surface area contributed by atoms with Gasteiger partial charge in [0.1, 0.15) is 11.3 Å². The van der Waals surface area contributed by atoms with Gasteiger partial charge in [-0.25, -0.2) is 14.8 Å². The zero-order chi connectivity index (χ0) is 19.7. The number of fused-ring (bicyclic) bond motifs is 1. The van der Waals surface area contributed by atoms with Crippen LogP contribution in [0.25, 0.3) is 11.0 Å². The first-order valence-electron chi connectivity index (χ1n) is 8.50. The number of aryl methyl sites for hydroxylation is 3. The maximum atomic E-state index is 12.3. The van der Waals surface area contributed by atoms with E-state index in [1.165, 1.54) is 24.3 Å². The third-order valence-corrected chi connectivity index (χ3v) is 4.60. The first kappa shape index (κ1) is 18.4. The number of benzene rings is 1. The number of amides is 1. The number of hydrogen-bond donors (Lipinski definition) is 3. The first-order chi connectivity index (χ1) is 12.8. The van der Waals surface area contributed by atoms with Crippen molar-refractivity contribution in [3.63, 3.8) is 0 Å². The van der Waals surface area contributed by atoms with Crippen molar-refractivity contribution in [2.45, 2.75) is 27.3 Å². The fraction of sp³-hybridized carbons (Fsp3) is 0.263. The second kappa shape index (κ2) is 7.06. The van der Waals surface area contributed by atoms with Crippen LogP contribution in [0.15, 0.2) is 24.3 Å². The summed E-state index contributed by atoms with van der Waals surface area (Å²) in [7, 11) is 0. The highest BCUT2D eigenvalue weighted by atomic mass is 16.4. The molecule has 4 N–H and O–H groups in total. The number of carboxylic acid groups (broad SMARTS) is 1. The van der Waals surface area contributed by atoms with Crippen LogP contribution in [0.4, 0.5) is 5.82 Å². The number of imidazole rings is 1. The van der Waals surface area contributed by atoms with E-state index in [1.807, 2.05) is 25.3 Å². The van der Waals surface area contributed by atoms with Crippen LogP contribution in [0.2, 0.25) is 0 Å². The van der Waals surface area contributed by atoms with E-state index >= 15 is 0 Å². The van der Waals surface area contributed by atoms with Crippen LogP contribution in [0.1, 0.15) is 37.8 Å². The second-order valence-electron chi connectivity index (χ2n) is 6.35. The van der Waals surface area contributed by atoms with Gasteiger partial charge in [0.05, 0.1) is 11.1 Å². The topological polar surface area (TPSA) is 123 Å². The van der Waals surface area contributed by atoms with Gasteiger partial charge in [-0.2, -0.15) is 0 Å². The van der Waals surface area contributed by atoms with Crippen LogP contribution in [-0.4, -0.2) is 38.1 Å². The highest BCUT2D eigenvalue weighted by molar-refractivity contribution is 5.95. The van der Waals surface area contributed by atoms with Gasteiger partial charge in [-0.1, -0.05) is 0 Å². The van der Waals surface area contributed by atoms with Gasteiger partial charge in [-0.15, -0.1) is 0 Å². The third kappa shape index (κ3) is 3.46. The Morgan fingerprint density at radius 1 is 1.11 bits per heavy atom. The lowest BCUT2D eigenvalue weighted by Crippen LogP contribution is -2.27. The summed E-state index contributed by atoms with van der Waals surface area (Å²) in [5.41, 5.74) is 10.0. The lowest BCUT2D eigenvalue weighted by molar-refractivity contribution is 0.0696. The molecule has 1 aromatic carbocycles. The van der Waals surface area contributed by atoms with Crippen LogP contribution in [0, 0.1) is 20.8 Å². The van der Waals surface area contributed by atoms with Gasteiger partial charge >= 0.3 is 5.97 Å². The Balaban J connectivity index is 1.75. The summed E-state index contributed by atoms with van der Waals surface area (Å²) in [4.78, 5) is 32.0. The van der Waals surface area contributed by atoms with Gasteiger partial charge in [0, 0.05) is 24.3 Å². The van der Waals surface area contributed by atoms with Crippen molar-refractivity contribution in [2.75, 3.05) is 12.3 Å². The van der Waals surface area contributed by atoms with Gasteiger partial charge in [-0.05, 0) is 50.6 Å². The maximum Gasteiger partial charge on any atom is 0.335 e. The summed E-state index contributed by atoms with van der Waals surface area (Å²) in [6.07, 6.45) is 0. The second-order valence-corrected chi connectivity index (χ2v) is 6.35. The maximum absolute atomic E-state index is 12.3. The third-order valence-electron chi connectivity index (χ3n) is 4.60. The molecule has 0 fully saturated rings. The van der Waals surface area contributed by atoms with Crippen molar-refractivity contribution in [3.05, 3.63) is 52.5 Å². The summed E-state index contributed by atoms with van der Waals surface area (Å²) in [5, 5.41) is 11.8. The largest absolute Gasteiger partial charge is 0.478 e. The van der Waals surface area contributed by atoms with Crippen molar-refractivity contribution in [1.82, 2.24) is 19.9 Å². The van der Waals surface area contributed by atoms with Crippen molar-refractivity contribution in [2.24, 2.45) is 0 Å². The Hall–Kier alpha value is -3.42. The fourth-order valence-corrected chi connectivity index (χ4v) is 3.03. The quantitative estimate of drug-likeness (QED) is 0.634. The minimum Gasteiger partial charge on any atom is -0.478 e. The molecule has 8 nitrogen and oxygen atoms in total. The molecule has 0 aliphatic carbocycles. The molecule has 3 aromatic rings. The average molecular weight is 367 g/mol. The number of carboxylic acids is 1. The number of nitrogens with one attached hydrogen (secondary N) is 1. The number of aromatic nitrogens is 3. The van der Waals surface area contributed by atoms with Gasteiger partial charge in [0.2, 0.25) is 0 Å². The summed E-state index contributed by atoms with van der Waals surface area (Å²) in [6, 6.07) is 5.81. The smallest absolute Gasteiger partial charge is 0.335 e. The summed E-state index contributed by atoms with van der Waals surface area (Å²) in [5.74, 6) is -0.0864. The number of nitrogen functional groups attached to an aromatic ring is 1. The van der Waals surface area contributed by atoms with Gasteiger partial charge in [0.15, 0.2) is 5.82 Å². The molecule has 1 amide bonds.